The van der Waals surface area contributed by atoms with E-state index >= 15 is 0 Å². The monoisotopic (exact) mass is 353 g/mol. The molecule has 2 N–H and O–H groups in total. The van der Waals surface area contributed by atoms with Crippen molar-refractivity contribution in [3.05, 3.63) is 65.4 Å². The fraction of sp³-hybridized carbons (Fsp3) is 0.429. The molecule has 0 saturated carbocycles. The Hall–Kier alpha value is -2.40. The maximum atomic E-state index is 12.9. The molecule has 3 rings (SSSR count). The molecule has 1 amide bonds. The number of aryl methyl sites for hydroxylation is 2. The molecule has 1 aromatic carbocycles. The van der Waals surface area contributed by atoms with Crippen molar-refractivity contribution in [3.8, 4) is 0 Å². The molecule has 2 heterocycles. The molecule has 0 radical (unpaired) electrons. The third-order valence-corrected chi connectivity index (χ3v) is 4.77. The average molecular weight is 353 g/mol. The van der Waals surface area contributed by atoms with E-state index in [0.717, 1.165) is 32.2 Å². The minimum atomic E-state index is -0.317. The fourth-order valence-electron chi connectivity index (χ4n) is 3.34. The van der Waals surface area contributed by atoms with E-state index in [9.17, 15) is 4.79 Å². The van der Waals surface area contributed by atoms with Gasteiger partial charge < -0.3 is 15.1 Å². The Morgan fingerprint density at radius 2 is 2.19 bits per heavy atom. The van der Waals surface area contributed by atoms with Crippen molar-refractivity contribution in [2.45, 2.75) is 51.6 Å². The molecular formula is C21H27N3O2. The summed E-state index contributed by atoms with van der Waals surface area (Å²) in [6.45, 7) is 4.33. The summed E-state index contributed by atoms with van der Waals surface area (Å²) in [5.74, 6) is 0.898. The number of amides is 1. The van der Waals surface area contributed by atoms with Crippen molar-refractivity contribution in [1.82, 2.24) is 9.88 Å². The first-order valence-corrected chi connectivity index (χ1v) is 9.30. The van der Waals surface area contributed by atoms with Crippen LogP contribution in [-0.4, -0.2) is 28.4 Å². The largest absolute Gasteiger partial charge is 0.443 e. The second kappa shape index (κ2) is 8.32. The second-order valence-electron chi connectivity index (χ2n) is 6.91. The third-order valence-electron chi connectivity index (χ3n) is 4.77. The zero-order chi connectivity index (χ0) is 18.5. The van der Waals surface area contributed by atoms with Crippen LogP contribution in [0.1, 0.15) is 59.9 Å². The van der Waals surface area contributed by atoms with E-state index in [-0.39, 0.29) is 18.0 Å². The van der Waals surface area contributed by atoms with Crippen molar-refractivity contribution in [1.29, 1.82) is 0 Å². The van der Waals surface area contributed by atoms with Gasteiger partial charge in [-0.2, -0.15) is 0 Å². The van der Waals surface area contributed by atoms with Crippen LogP contribution in [0.5, 0.6) is 0 Å². The second-order valence-corrected chi connectivity index (χ2v) is 6.91. The highest BCUT2D eigenvalue weighted by Crippen LogP contribution is 2.24. The number of hydrogen-bond donors (Lipinski definition) is 1. The molecule has 1 aromatic heterocycles. The Morgan fingerprint density at radius 3 is 2.88 bits per heavy atom. The van der Waals surface area contributed by atoms with Gasteiger partial charge in [0.25, 0.3) is 5.91 Å². The Bertz CT molecular complexity index is 765. The molecule has 0 spiro atoms. The van der Waals surface area contributed by atoms with Crippen molar-refractivity contribution < 1.29 is 9.21 Å². The number of nitrogens with two attached hydrogens (primary N) is 1. The number of hydrogen-bond acceptors (Lipinski definition) is 4. The van der Waals surface area contributed by atoms with E-state index in [0.29, 0.717) is 17.3 Å². The molecule has 138 valence electrons. The van der Waals surface area contributed by atoms with E-state index < -0.39 is 0 Å². The SMILES string of the molecule is Cc1oc(C(C)N)nc1C(=O)N1CCCC1C=CCCc1ccccc1. The summed E-state index contributed by atoms with van der Waals surface area (Å²) in [4.78, 5) is 19.1. The average Bonchev–Trinajstić information content (AvgIpc) is 3.26. The van der Waals surface area contributed by atoms with Gasteiger partial charge in [0, 0.05) is 6.54 Å². The molecule has 0 bridgehead atoms. The molecule has 5 heteroatoms. The van der Waals surface area contributed by atoms with Gasteiger partial charge in [0.05, 0.1) is 12.1 Å². The summed E-state index contributed by atoms with van der Waals surface area (Å²) >= 11 is 0. The molecule has 0 aliphatic carbocycles. The lowest BCUT2D eigenvalue weighted by atomic mass is 10.1. The smallest absolute Gasteiger partial charge is 0.276 e. The van der Waals surface area contributed by atoms with Crippen molar-refractivity contribution in [2.75, 3.05) is 6.54 Å². The van der Waals surface area contributed by atoms with Gasteiger partial charge in [0.2, 0.25) is 5.89 Å². The molecule has 2 unspecified atom stereocenters. The highest BCUT2D eigenvalue weighted by atomic mass is 16.4. The highest BCUT2D eigenvalue weighted by Gasteiger charge is 2.31. The number of carbonyl (C=O) groups is 1. The lowest BCUT2D eigenvalue weighted by Gasteiger charge is -2.21. The normalized spacial score (nSPS) is 18.6. The number of nitrogens with zero attached hydrogens (tertiary/aromatic N) is 2. The molecule has 1 fully saturated rings. The number of likely N-dealkylation sites (tertiary alicyclic amines) is 1. The Balaban J connectivity index is 1.62. The minimum absolute atomic E-state index is 0.0617. The lowest BCUT2D eigenvalue weighted by Crippen LogP contribution is -2.35. The van der Waals surface area contributed by atoms with Gasteiger partial charge >= 0.3 is 0 Å². The van der Waals surface area contributed by atoms with Crippen molar-refractivity contribution >= 4 is 5.91 Å². The van der Waals surface area contributed by atoms with Gasteiger partial charge in [-0.1, -0.05) is 42.5 Å². The van der Waals surface area contributed by atoms with Crippen LogP contribution >= 0.6 is 0 Å². The van der Waals surface area contributed by atoms with Crippen molar-refractivity contribution in [2.24, 2.45) is 5.73 Å². The van der Waals surface area contributed by atoms with Gasteiger partial charge in [-0.3, -0.25) is 4.79 Å². The van der Waals surface area contributed by atoms with Gasteiger partial charge in [-0.15, -0.1) is 0 Å². The van der Waals surface area contributed by atoms with E-state index in [1.807, 2.05) is 11.0 Å². The van der Waals surface area contributed by atoms with E-state index in [4.69, 9.17) is 10.2 Å². The summed E-state index contributed by atoms with van der Waals surface area (Å²) in [6, 6.07) is 10.3. The molecule has 2 aromatic rings. The van der Waals surface area contributed by atoms with Crippen molar-refractivity contribution in [3.63, 3.8) is 0 Å². The zero-order valence-corrected chi connectivity index (χ0v) is 15.5. The van der Waals surface area contributed by atoms with Gasteiger partial charge in [0.1, 0.15) is 5.76 Å². The Morgan fingerprint density at radius 1 is 1.42 bits per heavy atom. The van der Waals surface area contributed by atoms with Crippen LogP contribution in [0.25, 0.3) is 0 Å². The fourth-order valence-corrected chi connectivity index (χ4v) is 3.34. The Labute approximate surface area is 154 Å². The molecule has 1 aliphatic rings. The first-order chi connectivity index (χ1) is 12.6. The first-order valence-electron chi connectivity index (χ1n) is 9.30. The lowest BCUT2D eigenvalue weighted by molar-refractivity contribution is 0.0754. The quantitative estimate of drug-likeness (QED) is 0.802. The van der Waals surface area contributed by atoms with Crippen LogP contribution in [-0.2, 0) is 6.42 Å². The number of oxazole rings is 1. The summed E-state index contributed by atoms with van der Waals surface area (Å²) in [5.41, 5.74) is 7.54. The predicted molar refractivity (Wildman–Crippen MR) is 102 cm³/mol. The maximum absolute atomic E-state index is 12.9. The van der Waals surface area contributed by atoms with Crippen LogP contribution in [0.3, 0.4) is 0 Å². The maximum Gasteiger partial charge on any atom is 0.276 e. The van der Waals surface area contributed by atoms with Crippen LogP contribution in [0.15, 0.2) is 46.9 Å². The number of aromatic nitrogens is 1. The predicted octanol–water partition coefficient (Wildman–Crippen LogP) is 3.80. The van der Waals surface area contributed by atoms with Crippen LogP contribution in [0, 0.1) is 6.92 Å². The molecule has 2 atom stereocenters. The molecular weight excluding hydrogens is 326 g/mol. The van der Waals surface area contributed by atoms with Crippen LogP contribution in [0.4, 0.5) is 0 Å². The van der Waals surface area contributed by atoms with Crippen LogP contribution < -0.4 is 5.73 Å². The summed E-state index contributed by atoms with van der Waals surface area (Å²) in [7, 11) is 0. The van der Waals surface area contributed by atoms with Gasteiger partial charge in [0.15, 0.2) is 5.69 Å². The molecule has 5 nitrogen and oxygen atoms in total. The molecule has 26 heavy (non-hydrogen) atoms. The number of carbonyl (C=O) groups excluding carboxylic acids is 1. The first kappa shape index (κ1) is 18.4. The van der Waals surface area contributed by atoms with Gasteiger partial charge in [-0.05, 0) is 45.1 Å². The summed E-state index contributed by atoms with van der Waals surface area (Å²) in [5, 5.41) is 0. The zero-order valence-electron chi connectivity index (χ0n) is 15.5. The van der Waals surface area contributed by atoms with E-state index in [2.05, 4.69) is 41.4 Å². The third kappa shape index (κ3) is 4.22. The minimum Gasteiger partial charge on any atom is -0.443 e. The highest BCUT2D eigenvalue weighted by molar-refractivity contribution is 5.93. The van der Waals surface area contributed by atoms with Crippen LogP contribution in [0.2, 0.25) is 0 Å². The topological polar surface area (TPSA) is 72.4 Å². The molecule has 1 aliphatic heterocycles. The number of benzene rings is 1. The summed E-state index contributed by atoms with van der Waals surface area (Å²) < 4.78 is 5.54. The standard InChI is InChI=1S/C21H27N3O2/c1-15(22)20-23-19(16(2)26-20)21(25)24-14-8-13-18(24)12-7-6-11-17-9-4-3-5-10-17/h3-5,7,9-10,12,15,18H,6,8,11,13-14,22H2,1-2H3. The number of rotatable bonds is 6. The van der Waals surface area contributed by atoms with Gasteiger partial charge in [-0.25, -0.2) is 4.98 Å². The van der Waals surface area contributed by atoms with E-state index in [1.165, 1.54) is 5.56 Å². The number of allylic oxidation sites excluding steroid dienone is 1. The summed E-state index contributed by atoms with van der Waals surface area (Å²) in [6.07, 6.45) is 8.33. The molecule has 1 saturated heterocycles. The Kier molecular flexibility index (Phi) is 5.89. The van der Waals surface area contributed by atoms with E-state index in [1.54, 1.807) is 13.8 Å².